The largest absolute Gasteiger partial charge is 0.305 e. The van der Waals surface area contributed by atoms with Crippen LogP contribution in [0.2, 0.25) is 5.02 Å². The Morgan fingerprint density at radius 3 is 2.73 bits per heavy atom. The van der Waals surface area contributed by atoms with Crippen molar-refractivity contribution in [1.82, 2.24) is 25.0 Å². The molecule has 0 bridgehead atoms. The molecule has 0 aliphatic heterocycles. The SMILES string of the molecule is CCCc1nnc(NC(=O)CSc2nnc(-c3ccc(Cl)cc3)n2C)s1. The highest BCUT2D eigenvalue weighted by molar-refractivity contribution is 7.99. The molecule has 26 heavy (non-hydrogen) atoms. The monoisotopic (exact) mass is 408 g/mol. The molecule has 0 radical (unpaired) electrons. The number of nitrogens with one attached hydrogen (secondary N) is 1. The van der Waals surface area contributed by atoms with Gasteiger partial charge in [0, 0.05) is 24.1 Å². The zero-order chi connectivity index (χ0) is 18.5. The van der Waals surface area contributed by atoms with Crippen molar-refractivity contribution >= 4 is 45.7 Å². The van der Waals surface area contributed by atoms with Crippen molar-refractivity contribution in [3.63, 3.8) is 0 Å². The van der Waals surface area contributed by atoms with Crippen molar-refractivity contribution < 1.29 is 4.79 Å². The lowest BCUT2D eigenvalue weighted by molar-refractivity contribution is -0.113. The van der Waals surface area contributed by atoms with E-state index in [1.807, 2.05) is 23.7 Å². The van der Waals surface area contributed by atoms with Gasteiger partial charge >= 0.3 is 0 Å². The Hall–Kier alpha value is -1.97. The molecule has 0 atom stereocenters. The third-order valence-corrected chi connectivity index (χ3v) is 5.62. The molecular formula is C16H17ClN6OS2. The smallest absolute Gasteiger partial charge is 0.236 e. The number of thioether (sulfide) groups is 1. The second kappa shape index (κ2) is 8.61. The molecule has 0 saturated carbocycles. The molecule has 2 heterocycles. The fourth-order valence-electron chi connectivity index (χ4n) is 2.20. The van der Waals surface area contributed by atoms with Gasteiger partial charge in [0.25, 0.3) is 0 Å². The molecule has 0 fully saturated rings. The molecule has 0 aliphatic carbocycles. The predicted octanol–water partition coefficient (Wildman–Crippen LogP) is 3.67. The van der Waals surface area contributed by atoms with E-state index < -0.39 is 0 Å². The number of carbonyl (C=O) groups excluding carboxylic acids is 1. The van der Waals surface area contributed by atoms with E-state index in [4.69, 9.17) is 11.6 Å². The van der Waals surface area contributed by atoms with Crippen molar-refractivity contribution in [2.24, 2.45) is 7.05 Å². The van der Waals surface area contributed by atoms with Crippen molar-refractivity contribution in [1.29, 1.82) is 0 Å². The molecule has 1 N–H and O–H groups in total. The number of aromatic nitrogens is 5. The Kier molecular flexibility index (Phi) is 6.23. The lowest BCUT2D eigenvalue weighted by Gasteiger charge is -2.04. The highest BCUT2D eigenvalue weighted by Gasteiger charge is 2.14. The summed E-state index contributed by atoms with van der Waals surface area (Å²) in [5.74, 6) is 0.790. The number of halogens is 1. The van der Waals surface area contributed by atoms with Crippen LogP contribution >= 0.6 is 34.7 Å². The molecular weight excluding hydrogens is 392 g/mol. The third kappa shape index (κ3) is 4.60. The minimum atomic E-state index is -0.148. The van der Waals surface area contributed by atoms with Crippen LogP contribution in [0.5, 0.6) is 0 Å². The predicted molar refractivity (Wildman–Crippen MR) is 105 cm³/mol. The van der Waals surface area contributed by atoms with Crippen LogP contribution < -0.4 is 5.32 Å². The first kappa shape index (κ1) is 18.8. The number of anilines is 1. The van der Waals surface area contributed by atoms with Crippen molar-refractivity contribution in [2.75, 3.05) is 11.1 Å². The topological polar surface area (TPSA) is 85.6 Å². The van der Waals surface area contributed by atoms with Crippen molar-refractivity contribution in [3.8, 4) is 11.4 Å². The standard InChI is InChI=1S/C16H17ClN6OS2/c1-3-4-13-19-21-15(26-13)18-12(24)9-25-16-22-20-14(23(16)2)10-5-7-11(17)8-6-10/h5-8H,3-4,9H2,1-2H3,(H,18,21,24). The fraction of sp³-hybridized carbons (Fsp3) is 0.312. The molecule has 2 aromatic heterocycles. The molecule has 1 aromatic carbocycles. The molecule has 3 aromatic rings. The number of aryl methyl sites for hydroxylation is 1. The van der Waals surface area contributed by atoms with E-state index in [0.29, 0.717) is 15.3 Å². The van der Waals surface area contributed by atoms with Gasteiger partial charge in [-0.25, -0.2) is 0 Å². The van der Waals surface area contributed by atoms with Crippen molar-refractivity contribution in [2.45, 2.75) is 24.9 Å². The van der Waals surface area contributed by atoms with E-state index in [9.17, 15) is 4.79 Å². The van der Waals surface area contributed by atoms with Crippen molar-refractivity contribution in [3.05, 3.63) is 34.3 Å². The highest BCUT2D eigenvalue weighted by atomic mass is 35.5. The molecule has 3 rings (SSSR count). The van der Waals surface area contributed by atoms with Gasteiger partial charge in [0.2, 0.25) is 11.0 Å². The molecule has 1 amide bonds. The first-order valence-corrected chi connectivity index (χ1v) is 10.1. The molecule has 0 spiro atoms. The average Bonchev–Trinajstić information content (AvgIpc) is 3.21. The lowest BCUT2D eigenvalue weighted by Crippen LogP contribution is -2.14. The summed E-state index contributed by atoms with van der Waals surface area (Å²) in [4.78, 5) is 12.1. The lowest BCUT2D eigenvalue weighted by atomic mass is 10.2. The Morgan fingerprint density at radius 2 is 2.00 bits per heavy atom. The van der Waals surface area contributed by atoms with Gasteiger partial charge in [-0.1, -0.05) is 41.6 Å². The maximum atomic E-state index is 12.1. The maximum Gasteiger partial charge on any atom is 0.236 e. The summed E-state index contributed by atoms with van der Waals surface area (Å²) < 4.78 is 1.85. The van der Waals surface area contributed by atoms with E-state index in [-0.39, 0.29) is 11.7 Å². The molecule has 10 heteroatoms. The Morgan fingerprint density at radius 1 is 1.23 bits per heavy atom. The first-order chi connectivity index (χ1) is 12.6. The van der Waals surface area contributed by atoms with Crippen LogP contribution in [0.3, 0.4) is 0 Å². The van der Waals surface area contributed by atoms with Gasteiger partial charge in [0.15, 0.2) is 11.0 Å². The van der Waals surface area contributed by atoms with E-state index >= 15 is 0 Å². The van der Waals surface area contributed by atoms with Gasteiger partial charge in [0.1, 0.15) is 5.01 Å². The first-order valence-electron chi connectivity index (χ1n) is 7.97. The van der Waals surface area contributed by atoms with E-state index in [0.717, 1.165) is 29.2 Å². The Labute approximate surface area is 164 Å². The van der Waals surface area contributed by atoms with E-state index in [2.05, 4.69) is 32.6 Å². The minimum absolute atomic E-state index is 0.148. The van der Waals surface area contributed by atoms with Crippen LogP contribution in [0.1, 0.15) is 18.4 Å². The van der Waals surface area contributed by atoms with Crippen LogP contribution in [0.15, 0.2) is 29.4 Å². The summed E-state index contributed by atoms with van der Waals surface area (Å²) in [5.41, 5.74) is 0.915. The molecule has 0 saturated heterocycles. The van der Waals surface area contributed by atoms with Crippen LogP contribution in [0, 0.1) is 0 Å². The van der Waals surface area contributed by atoms with Gasteiger partial charge in [0.05, 0.1) is 5.75 Å². The maximum absolute atomic E-state index is 12.1. The summed E-state index contributed by atoms with van der Waals surface area (Å²) in [5, 5.41) is 21.9. The summed E-state index contributed by atoms with van der Waals surface area (Å²) in [6.45, 7) is 2.08. The number of amides is 1. The second-order valence-corrected chi connectivity index (χ2v) is 7.90. The Balaban J connectivity index is 1.59. The van der Waals surface area contributed by atoms with Crippen LogP contribution in [-0.4, -0.2) is 36.6 Å². The Bertz CT molecular complexity index is 893. The van der Waals surface area contributed by atoms with E-state index in [1.54, 1.807) is 12.1 Å². The number of benzene rings is 1. The van der Waals surface area contributed by atoms with Gasteiger partial charge in [-0.3, -0.25) is 10.1 Å². The molecule has 0 unspecified atom stereocenters. The minimum Gasteiger partial charge on any atom is -0.305 e. The van der Waals surface area contributed by atoms with Gasteiger partial charge in [-0.05, 0) is 30.7 Å². The fourth-order valence-corrected chi connectivity index (χ4v) is 3.89. The van der Waals surface area contributed by atoms with Crippen LogP contribution in [0.4, 0.5) is 5.13 Å². The summed E-state index contributed by atoms with van der Waals surface area (Å²) in [6.07, 6.45) is 1.87. The molecule has 7 nitrogen and oxygen atoms in total. The number of hydrogen-bond acceptors (Lipinski definition) is 7. The molecule has 0 aliphatic rings. The van der Waals surface area contributed by atoms with Gasteiger partial charge < -0.3 is 4.57 Å². The summed E-state index contributed by atoms with van der Waals surface area (Å²) in [6, 6.07) is 7.38. The number of hydrogen-bond donors (Lipinski definition) is 1. The van der Waals surface area contributed by atoms with Gasteiger partial charge in [-0.15, -0.1) is 20.4 Å². The zero-order valence-corrected chi connectivity index (χ0v) is 16.7. The van der Waals surface area contributed by atoms with E-state index in [1.165, 1.54) is 23.1 Å². The number of nitrogens with zero attached hydrogens (tertiary/aromatic N) is 5. The molecule has 136 valence electrons. The van der Waals surface area contributed by atoms with Crippen LogP contribution in [-0.2, 0) is 18.3 Å². The second-order valence-electron chi connectivity index (χ2n) is 5.46. The average molecular weight is 409 g/mol. The number of carbonyl (C=O) groups is 1. The summed E-state index contributed by atoms with van der Waals surface area (Å²) >= 11 is 8.64. The summed E-state index contributed by atoms with van der Waals surface area (Å²) in [7, 11) is 1.87. The number of rotatable bonds is 7. The quantitative estimate of drug-likeness (QED) is 0.600. The third-order valence-electron chi connectivity index (χ3n) is 3.45. The highest BCUT2D eigenvalue weighted by Crippen LogP contribution is 2.24. The normalized spacial score (nSPS) is 10.9. The van der Waals surface area contributed by atoms with Crippen LogP contribution in [0.25, 0.3) is 11.4 Å². The van der Waals surface area contributed by atoms with Gasteiger partial charge in [-0.2, -0.15) is 0 Å². The zero-order valence-electron chi connectivity index (χ0n) is 14.3.